The monoisotopic (exact) mass is 266 g/mol. The van der Waals surface area contributed by atoms with Gasteiger partial charge in [0, 0.05) is 11.3 Å². The number of alkyl carbamates (subject to hydrolysis) is 1. The molecule has 0 aliphatic carbocycles. The number of hydrogen-bond donors (Lipinski definition) is 1. The van der Waals surface area contributed by atoms with Crippen molar-refractivity contribution in [1.29, 1.82) is 0 Å². The normalized spacial score (nSPS) is 11.1. The second kappa shape index (κ2) is 5.91. The number of ether oxygens (including phenoxy) is 2. The minimum absolute atomic E-state index is 0.331. The highest BCUT2D eigenvalue weighted by atomic mass is 16.6. The molecule has 5 heteroatoms. The summed E-state index contributed by atoms with van der Waals surface area (Å²) in [6.07, 6.45) is -0.450. The van der Waals surface area contributed by atoms with Gasteiger partial charge in [-0.15, -0.1) is 0 Å². The lowest BCUT2D eigenvalue weighted by molar-refractivity contribution is 0.0523. The molecule has 0 aliphatic rings. The summed E-state index contributed by atoms with van der Waals surface area (Å²) in [7, 11) is 1.57. The predicted molar refractivity (Wildman–Crippen MR) is 73.3 cm³/mol. The summed E-state index contributed by atoms with van der Waals surface area (Å²) < 4.78 is 10.4. The molecule has 0 saturated heterocycles. The summed E-state index contributed by atoms with van der Waals surface area (Å²) in [4.78, 5) is 15.9. The van der Waals surface area contributed by atoms with Gasteiger partial charge in [-0.25, -0.2) is 9.78 Å². The molecule has 0 bridgehead atoms. The Labute approximate surface area is 114 Å². The lowest BCUT2D eigenvalue weighted by Crippen LogP contribution is -2.32. The maximum absolute atomic E-state index is 11.6. The maximum atomic E-state index is 11.6. The summed E-state index contributed by atoms with van der Waals surface area (Å²) in [5.41, 5.74) is 2.27. The number of rotatable bonds is 3. The fourth-order valence-electron chi connectivity index (χ4n) is 1.69. The molecule has 19 heavy (non-hydrogen) atoms. The van der Waals surface area contributed by atoms with Crippen molar-refractivity contribution >= 4 is 6.09 Å². The third-order valence-corrected chi connectivity index (χ3v) is 2.44. The van der Waals surface area contributed by atoms with Crippen LogP contribution in [0.3, 0.4) is 0 Å². The molecule has 0 aromatic carbocycles. The Balaban J connectivity index is 2.75. The van der Waals surface area contributed by atoms with Crippen molar-refractivity contribution in [2.45, 2.75) is 46.8 Å². The van der Waals surface area contributed by atoms with Crippen molar-refractivity contribution in [2.75, 3.05) is 7.11 Å². The van der Waals surface area contributed by atoms with Crippen molar-refractivity contribution in [3.8, 4) is 5.88 Å². The van der Waals surface area contributed by atoms with Crippen LogP contribution in [0.2, 0.25) is 0 Å². The zero-order chi connectivity index (χ0) is 14.6. The Morgan fingerprint density at radius 2 is 2.00 bits per heavy atom. The van der Waals surface area contributed by atoms with Gasteiger partial charge in [0.2, 0.25) is 5.88 Å². The molecule has 0 radical (unpaired) electrons. The van der Waals surface area contributed by atoms with Crippen LogP contribution in [0.1, 0.15) is 37.6 Å². The molecule has 106 valence electrons. The standard InChI is InChI=1S/C14H22N2O3/c1-9-7-10(2)16-12(18-6)11(9)8-15-13(17)19-14(3,4)5/h7H,8H2,1-6H3,(H,15,17). The minimum atomic E-state index is -0.505. The van der Waals surface area contributed by atoms with Gasteiger partial charge in [0.1, 0.15) is 5.60 Å². The van der Waals surface area contributed by atoms with Crippen LogP contribution >= 0.6 is 0 Å². The number of hydrogen-bond acceptors (Lipinski definition) is 4. The van der Waals surface area contributed by atoms with Crippen LogP contribution in [0.15, 0.2) is 6.07 Å². The zero-order valence-electron chi connectivity index (χ0n) is 12.5. The van der Waals surface area contributed by atoms with Crippen LogP contribution in [-0.4, -0.2) is 23.8 Å². The number of nitrogens with one attached hydrogen (secondary N) is 1. The van der Waals surface area contributed by atoms with Gasteiger partial charge in [0.25, 0.3) is 0 Å². The van der Waals surface area contributed by atoms with Gasteiger partial charge in [-0.05, 0) is 46.2 Å². The highest BCUT2D eigenvalue weighted by molar-refractivity contribution is 5.67. The lowest BCUT2D eigenvalue weighted by Gasteiger charge is -2.20. The maximum Gasteiger partial charge on any atom is 0.407 e. The number of amides is 1. The fraction of sp³-hybridized carbons (Fsp3) is 0.571. The molecular formula is C14H22N2O3. The van der Waals surface area contributed by atoms with Crippen LogP contribution < -0.4 is 10.1 Å². The quantitative estimate of drug-likeness (QED) is 0.913. The van der Waals surface area contributed by atoms with E-state index in [4.69, 9.17) is 9.47 Å². The molecule has 0 unspecified atom stereocenters. The molecule has 0 aliphatic heterocycles. The summed E-state index contributed by atoms with van der Waals surface area (Å²) in [6.45, 7) is 9.67. The zero-order valence-corrected chi connectivity index (χ0v) is 12.5. The summed E-state index contributed by atoms with van der Waals surface area (Å²) in [6, 6.07) is 1.95. The number of nitrogens with zero attached hydrogens (tertiary/aromatic N) is 1. The molecule has 0 saturated carbocycles. The van der Waals surface area contributed by atoms with E-state index in [9.17, 15) is 4.79 Å². The van der Waals surface area contributed by atoms with E-state index in [0.717, 1.165) is 16.8 Å². The average Bonchev–Trinajstić information content (AvgIpc) is 2.24. The Kier molecular flexibility index (Phi) is 4.75. The second-order valence-corrected chi connectivity index (χ2v) is 5.42. The Hall–Kier alpha value is -1.78. The van der Waals surface area contributed by atoms with E-state index in [1.807, 2.05) is 40.7 Å². The molecular weight excluding hydrogens is 244 g/mol. The van der Waals surface area contributed by atoms with Crippen LogP contribution in [0.4, 0.5) is 4.79 Å². The SMILES string of the molecule is COc1nc(C)cc(C)c1CNC(=O)OC(C)(C)C. The van der Waals surface area contributed by atoms with Crippen molar-refractivity contribution in [2.24, 2.45) is 0 Å². The molecule has 1 amide bonds. The molecule has 0 spiro atoms. The molecule has 1 heterocycles. The number of pyridine rings is 1. The summed E-state index contributed by atoms with van der Waals surface area (Å²) in [5, 5.41) is 2.71. The van der Waals surface area contributed by atoms with Gasteiger partial charge < -0.3 is 14.8 Å². The van der Waals surface area contributed by atoms with Gasteiger partial charge in [0.05, 0.1) is 13.7 Å². The lowest BCUT2D eigenvalue weighted by atomic mass is 10.1. The van der Waals surface area contributed by atoms with E-state index in [0.29, 0.717) is 12.4 Å². The summed E-state index contributed by atoms with van der Waals surface area (Å²) >= 11 is 0. The van der Waals surface area contributed by atoms with Crippen molar-refractivity contribution < 1.29 is 14.3 Å². The Morgan fingerprint density at radius 1 is 1.37 bits per heavy atom. The van der Waals surface area contributed by atoms with Crippen molar-refractivity contribution in [3.63, 3.8) is 0 Å². The Morgan fingerprint density at radius 3 is 2.53 bits per heavy atom. The van der Waals surface area contributed by atoms with E-state index in [1.165, 1.54) is 0 Å². The molecule has 0 fully saturated rings. The second-order valence-electron chi connectivity index (χ2n) is 5.42. The Bertz CT molecular complexity index is 464. The van der Waals surface area contributed by atoms with E-state index < -0.39 is 11.7 Å². The van der Waals surface area contributed by atoms with Gasteiger partial charge >= 0.3 is 6.09 Å². The molecule has 1 rings (SSSR count). The first-order chi connectivity index (χ1) is 8.73. The van der Waals surface area contributed by atoms with E-state index >= 15 is 0 Å². The molecule has 5 nitrogen and oxygen atoms in total. The van der Waals surface area contributed by atoms with Gasteiger partial charge in [0.15, 0.2) is 0 Å². The van der Waals surface area contributed by atoms with E-state index in [2.05, 4.69) is 10.3 Å². The van der Waals surface area contributed by atoms with Crippen LogP contribution in [0, 0.1) is 13.8 Å². The number of methoxy groups -OCH3 is 1. The largest absolute Gasteiger partial charge is 0.481 e. The number of aryl methyl sites for hydroxylation is 2. The third-order valence-electron chi connectivity index (χ3n) is 2.44. The number of carbonyl (C=O) groups excluding carboxylic acids is 1. The first-order valence-corrected chi connectivity index (χ1v) is 6.21. The van der Waals surface area contributed by atoms with Crippen LogP contribution in [0.25, 0.3) is 0 Å². The number of aromatic nitrogens is 1. The van der Waals surface area contributed by atoms with Gasteiger partial charge in [-0.2, -0.15) is 0 Å². The minimum Gasteiger partial charge on any atom is -0.481 e. The summed E-state index contributed by atoms with van der Waals surface area (Å²) in [5.74, 6) is 0.536. The topological polar surface area (TPSA) is 60.5 Å². The van der Waals surface area contributed by atoms with Crippen LogP contribution in [0.5, 0.6) is 5.88 Å². The number of carbonyl (C=O) groups is 1. The van der Waals surface area contributed by atoms with Gasteiger partial charge in [-0.3, -0.25) is 0 Å². The highest BCUT2D eigenvalue weighted by Crippen LogP contribution is 2.20. The third kappa shape index (κ3) is 4.77. The smallest absolute Gasteiger partial charge is 0.407 e. The van der Waals surface area contributed by atoms with E-state index in [-0.39, 0.29) is 0 Å². The molecule has 1 aromatic heterocycles. The van der Waals surface area contributed by atoms with Crippen molar-refractivity contribution in [1.82, 2.24) is 10.3 Å². The van der Waals surface area contributed by atoms with Crippen LogP contribution in [-0.2, 0) is 11.3 Å². The molecule has 1 aromatic rings. The highest BCUT2D eigenvalue weighted by Gasteiger charge is 2.17. The first kappa shape index (κ1) is 15.3. The fourth-order valence-corrected chi connectivity index (χ4v) is 1.69. The predicted octanol–water partition coefficient (Wildman–Crippen LogP) is 2.73. The first-order valence-electron chi connectivity index (χ1n) is 6.21. The molecule has 1 N–H and O–H groups in total. The average molecular weight is 266 g/mol. The van der Waals surface area contributed by atoms with Gasteiger partial charge in [-0.1, -0.05) is 0 Å². The van der Waals surface area contributed by atoms with E-state index in [1.54, 1.807) is 7.11 Å². The van der Waals surface area contributed by atoms with Crippen molar-refractivity contribution in [3.05, 3.63) is 22.9 Å². The molecule has 0 atom stereocenters.